The van der Waals surface area contributed by atoms with Crippen LogP contribution in [0.1, 0.15) is 43.2 Å². The number of hydrogen-bond donors (Lipinski definition) is 1. The quantitative estimate of drug-likeness (QED) is 0.809. The van der Waals surface area contributed by atoms with Crippen LogP contribution in [0, 0.1) is 5.92 Å². The maximum atomic E-state index is 9.28. The summed E-state index contributed by atoms with van der Waals surface area (Å²) in [6.07, 6.45) is 3.62. The molecule has 0 saturated carbocycles. The molecule has 0 aliphatic rings. The highest BCUT2D eigenvalue weighted by Gasteiger charge is 2.06. The molecule has 1 N–H and O–H groups in total. The van der Waals surface area contributed by atoms with Gasteiger partial charge in [-0.15, -0.1) is 11.3 Å². The Hall–Kier alpha value is -0.410. The van der Waals surface area contributed by atoms with E-state index < -0.39 is 0 Å². The number of aliphatic hydroxyl groups is 1. The first-order valence-electron chi connectivity index (χ1n) is 4.72. The smallest absolute Gasteiger partial charge is 0.0928 e. The molecule has 1 aromatic rings. The third-order valence-electron chi connectivity index (χ3n) is 1.92. The lowest BCUT2D eigenvalue weighted by Crippen LogP contribution is -1.90. The van der Waals surface area contributed by atoms with E-state index in [4.69, 9.17) is 0 Å². The fraction of sp³-hybridized carbons (Fsp3) is 0.700. The summed E-state index contributed by atoms with van der Waals surface area (Å²) in [7, 11) is 0. The van der Waals surface area contributed by atoms with Gasteiger partial charge in [-0.3, -0.25) is 0 Å². The highest BCUT2D eigenvalue weighted by molar-refractivity contribution is 7.11. The Morgan fingerprint density at radius 1 is 1.46 bits per heavy atom. The Balaban J connectivity index is 2.49. The predicted octanol–water partition coefficient (Wildman–Crippen LogP) is 2.79. The van der Waals surface area contributed by atoms with Gasteiger partial charge in [0.2, 0.25) is 0 Å². The molecule has 0 spiro atoms. The molecule has 74 valence electrons. The number of rotatable bonds is 4. The lowest BCUT2D eigenvalue weighted by Gasteiger charge is -2.00. The van der Waals surface area contributed by atoms with E-state index in [2.05, 4.69) is 18.8 Å². The summed E-state index contributed by atoms with van der Waals surface area (Å²) >= 11 is 1.62. The van der Waals surface area contributed by atoms with Gasteiger partial charge in [0.15, 0.2) is 0 Å². The van der Waals surface area contributed by atoms with Crippen molar-refractivity contribution in [1.29, 1.82) is 0 Å². The molecule has 0 aliphatic heterocycles. The van der Waals surface area contributed by atoms with Crippen LogP contribution >= 0.6 is 11.3 Å². The Labute approximate surface area is 83.6 Å². The molecule has 0 saturated heterocycles. The SMILES string of the molecule is CC(C)CCc1ncc(C(C)O)s1. The number of hydrogen-bond acceptors (Lipinski definition) is 3. The third kappa shape index (κ3) is 3.44. The van der Waals surface area contributed by atoms with Crippen molar-refractivity contribution in [2.75, 3.05) is 0 Å². The summed E-state index contributed by atoms with van der Waals surface area (Å²) in [5, 5.41) is 10.4. The Kier molecular flexibility index (Phi) is 3.88. The fourth-order valence-electron chi connectivity index (χ4n) is 1.05. The monoisotopic (exact) mass is 199 g/mol. The van der Waals surface area contributed by atoms with Gasteiger partial charge in [-0.2, -0.15) is 0 Å². The minimum absolute atomic E-state index is 0.370. The lowest BCUT2D eigenvalue weighted by atomic mass is 10.1. The zero-order valence-corrected chi connectivity index (χ0v) is 9.27. The van der Waals surface area contributed by atoms with Crippen molar-refractivity contribution in [3.8, 4) is 0 Å². The zero-order chi connectivity index (χ0) is 9.84. The molecule has 1 heterocycles. The largest absolute Gasteiger partial charge is 0.388 e. The van der Waals surface area contributed by atoms with Gasteiger partial charge in [-0.1, -0.05) is 13.8 Å². The summed E-state index contributed by atoms with van der Waals surface area (Å²) in [5.41, 5.74) is 0. The summed E-state index contributed by atoms with van der Waals surface area (Å²) in [4.78, 5) is 5.24. The summed E-state index contributed by atoms with van der Waals surface area (Å²) in [6.45, 7) is 6.20. The topological polar surface area (TPSA) is 33.1 Å². The van der Waals surface area contributed by atoms with Crippen molar-refractivity contribution in [3.05, 3.63) is 16.1 Å². The van der Waals surface area contributed by atoms with E-state index in [1.54, 1.807) is 24.5 Å². The van der Waals surface area contributed by atoms with Crippen LogP contribution in [0.3, 0.4) is 0 Å². The highest BCUT2D eigenvalue weighted by Crippen LogP contribution is 2.21. The first-order chi connectivity index (χ1) is 6.09. The van der Waals surface area contributed by atoms with Crippen LogP contribution < -0.4 is 0 Å². The molecule has 3 heteroatoms. The molecule has 1 unspecified atom stereocenters. The Morgan fingerprint density at radius 2 is 2.15 bits per heavy atom. The van der Waals surface area contributed by atoms with E-state index in [1.165, 1.54) is 6.42 Å². The second kappa shape index (κ2) is 4.72. The van der Waals surface area contributed by atoms with Crippen LogP contribution in [0.2, 0.25) is 0 Å². The molecule has 13 heavy (non-hydrogen) atoms. The standard InChI is InChI=1S/C10H17NOS/c1-7(2)4-5-10-11-6-9(13-10)8(3)12/h6-8,12H,4-5H2,1-3H3. The second-order valence-corrected chi connectivity index (χ2v) is 4.91. The molecular weight excluding hydrogens is 182 g/mol. The van der Waals surface area contributed by atoms with E-state index in [9.17, 15) is 5.11 Å². The van der Waals surface area contributed by atoms with Crippen LogP contribution in [0.4, 0.5) is 0 Å². The molecule has 1 rings (SSSR count). The average Bonchev–Trinajstić information content (AvgIpc) is 2.48. The van der Waals surface area contributed by atoms with Gasteiger partial charge in [0.05, 0.1) is 16.0 Å². The van der Waals surface area contributed by atoms with Gasteiger partial charge in [-0.05, 0) is 25.7 Å². The van der Waals surface area contributed by atoms with Gasteiger partial charge >= 0.3 is 0 Å². The minimum Gasteiger partial charge on any atom is -0.388 e. The first-order valence-corrected chi connectivity index (χ1v) is 5.54. The van der Waals surface area contributed by atoms with Gasteiger partial charge in [0.1, 0.15) is 0 Å². The molecule has 0 aromatic carbocycles. The number of thiazole rings is 1. The third-order valence-corrected chi connectivity index (χ3v) is 3.15. The summed E-state index contributed by atoms with van der Waals surface area (Å²) in [5.74, 6) is 0.721. The van der Waals surface area contributed by atoms with Crippen LogP contribution in [-0.4, -0.2) is 10.1 Å². The van der Waals surface area contributed by atoms with Crippen molar-refractivity contribution in [3.63, 3.8) is 0 Å². The van der Waals surface area contributed by atoms with Gasteiger partial charge in [-0.25, -0.2) is 4.98 Å². The first kappa shape index (κ1) is 10.7. The second-order valence-electron chi connectivity index (χ2n) is 3.76. The molecule has 0 aliphatic carbocycles. The molecule has 0 radical (unpaired) electrons. The predicted molar refractivity (Wildman–Crippen MR) is 55.9 cm³/mol. The Bertz CT molecular complexity index is 255. The van der Waals surface area contributed by atoms with Crippen LogP contribution in [-0.2, 0) is 6.42 Å². The molecular formula is C10H17NOS. The van der Waals surface area contributed by atoms with Crippen LogP contribution in [0.15, 0.2) is 6.20 Å². The lowest BCUT2D eigenvalue weighted by molar-refractivity contribution is 0.203. The zero-order valence-electron chi connectivity index (χ0n) is 8.45. The maximum Gasteiger partial charge on any atom is 0.0928 e. The van der Waals surface area contributed by atoms with Crippen molar-refractivity contribution < 1.29 is 5.11 Å². The van der Waals surface area contributed by atoms with Gasteiger partial charge in [0.25, 0.3) is 0 Å². The van der Waals surface area contributed by atoms with Crippen molar-refractivity contribution >= 4 is 11.3 Å². The van der Waals surface area contributed by atoms with E-state index >= 15 is 0 Å². The van der Waals surface area contributed by atoms with E-state index in [0.717, 1.165) is 22.2 Å². The Morgan fingerprint density at radius 3 is 2.62 bits per heavy atom. The highest BCUT2D eigenvalue weighted by atomic mass is 32.1. The molecule has 2 nitrogen and oxygen atoms in total. The molecule has 0 bridgehead atoms. The normalized spacial score (nSPS) is 13.6. The van der Waals surface area contributed by atoms with Crippen LogP contribution in [0.25, 0.3) is 0 Å². The number of aromatic nitrogens is 1. The van der Waals surface area contributed by atoms with Crippen LogP contribution in [0.5, 0.6) is 0 Å². The van der Waals surface area contributed by atoms with E-state index in [0.29, 0.717) is 0 Å². The summed E-state index contributed by atoms with van der Waals surface area (Å²) < 4.78 is 0. The maximum absolute atomic E-state index is 9.28. The molecule has 1 atom stereocenters. The van der Waals surface area contributed by atoms with E-state index in [1.807, 2.05) is 0 Å². The van der Waals surface area contributed by atoms with Crippen molar-refractivity contribution in [1.82, 2.24) is 4.98 Å². The van der Waals surface area contributed by atoms with Gasteiger partial charge < -0.3 is 5.11 Å². The number of nitrogens with zero attached hydrogens (tertiary/aromatic N) is 1. The number of aryl methyl sites for hydroxylation is 1. The molecule has 0 fully saturated rings. The van der Waals surface area contributed by atoms with E-state index in [-0.39, 0.29) is 6.10 Å². The molecule has 1 aromatic heterocycles. The number of aliphatic hydroxyl groups excluding tert-OH is 1. The molecule has 0 amide bonds. The fourth-order valence-corrected chi connectivity index (χ4v) is 1.92. The van der Waals surface area contributed by atoms with Gasteiger partial charge in [0, 0.05) is 6.20 Å². The summed E-state index contributed by atoms with van der Waals surface area (Å²) in [6, 6.07) is 0. The minimum atomic E-state index is -0.370. The average molecular weight is 199 g/mol. The van der Waals surface area contributed by atoms with Crippen molar-refractivity contribution in [2.24, 2.45) is 5.92 Å². The van der Waals surface area contributed by atoms with Crippen molar-refractivity contribution in [2.45, 2.75) is 39.7 Å².